The molecule has 1 unspecified atom stereocenters. The Balaban J connectivity index is 1.72. The molecule has 0 spiro atoms. The number of hydrogen-bond donors (Lipinski definition) is 1. The van der Waals surface area contributed by atoms with Crippen LogP contribution in [0.4, 0.5) is 0 Å². The number of carbonyl (C=O) groups excluding carboxylic acids is 1. The van der Waals surface area contributed by atoms with Gasteiger partial charge in [-0.1, -0.05) is 11.8 Å². The number of fused-ring (bicyclic) bond motifs is 1. The van der Waals surface area contributed by atoms with E-state index in [0.29, 0.717) is 0 Å². The number of hydrogen-bond acceptors (Lipinski definition) is 4. The number of thioether (sulfide) groups is 1. The summed E-state index contributed by atoms with van der Waals surface area (Å²) in [7, 11) is 0. The van der Waals surface area contributed by atoms with Crippen LogP contribution in [-0.4, -0.2) is 40.1 Å². The number of rotatable bonds is 2. The number of nitrogens with zero attached hydrogens (tertiary/aromatic N) is 1. The lowest BCUT2D eigenvalue weighted by molar-refractivity contribution is -0.151. The van der Waals surface area contributed by atoms with Crippen molar-refractivity contribution in [3.05, 3.63) is 11.1 Å². The Hall–Kier alpha value is -0.520. The van der Waals surface area contributed by atoms with E-state index in [-0.39, 0.29) is 23.3 Å². The molecule has 2 fully saturated rings. The highest BCUT2D eigenvalue weighted by Crippen LogP contribution is 2.48. The molecule has 3 aliphatic heterocycles. The topological polar surface area (TPSA) is 49.8 Å². The Morgan fingerprint density at radius 1 is 1.69 bits per heavy atom. The predicted octanol–water partition coefficient (Wildman–Crippen LogP) is 0.919. The van der Waals surface area contributed by atoms with E-state index in [0.717, 1.165) is 24.4 Å². The van der Waals surface area contributed by atoms with Crippen molar-refractivity contribution in [3.63, 3.8) is 0 Å². The number of ether oxygens (including phenoxy) is 1. The van der Waals surface area contributed by atoms with Gasteiger partial charge in [-0.3, -0.25) is 4.79 Å². The van der Waals surface area contributed by atoms with Gasteiger partial charge in [-0.2, -0.15) is 0 Å². The average Bonchev–Trinajstić information content (AvgIpc) is 2.82. The Labute approximate surface area is 98.6 Å². The van der Waals surface area contributed by atoms with Crippen molar-refractivity contribution < 1.29 is 14.6 Å². The third-order valence-electron chi connectivity index (χ3n) is 3.41. The van der Waals surface area contributed by atoms with Crippen LogP contribution in [0.5, 0.6) is 0 Å². The monoisotopic (exact) mass is 241 g/mol. The summed E-state index contributed by atoms with van der Waals surface area (Å²) in [5.74, 6) is -0.194. The molecule has 0 aromatic heterocycles. The Kier molecular flexibility index (Phi) is 2.49. The van der Waals surface area contributed by atoms with Crippen molar-refractivity contribution >= 4 is 17.7 Å². The highest BCUT2D eigenvalue weighted by atomic mass is 32.2. The first kappa shape index (κ1) is 10.6. The van der Waals surface area contributed by atoms with Crippen molar-refractivity contribution in [1.29, 1.82) is 0 Å². The summed E-state index contributed by atoms with van der Waals surface area (Å²) in [6, 6.07) is 0. The minimum Gasteiger partial charge on any atom is -0.392 e. The molecule has 4 atom stereocenters. The van der Waals surface area contributed by atoms with E-state index in [9.17, 15) is 9.90 Å². The third-order valence-corrected chi connectivity index (χ3v) is 4.81. The van der Waals surface area contributed by atoms with Gasteiger partial charge in [-0.05, 0) is 19.8 Å². The van der Waals surface area contributed by atoms with Crippen LogP contribution in [-0.2, 0) is 9.53 Å². The first-order chi connectivity index (χ1) is 7.68. The fraction of sp³-hybridized carbons (Fsp3) is 0.727. The smallest absolute Gasteiger partial charge is 0.236 e. The molecular weight excluding hydrogens is 226 g/mol. The highest BCUT2D eigenvalue weighted by molar-refractivity contribution is 8.04. The summed E-state index contributed by atoms with van der Waals surface area (Å²) in [4.78, 5) is 14.6. The summed E-state index contributed by atoms with van der Waals surface area (Å²) in [5.41, 5.74) is 0. The van der Waals surface area contributed by atoms with E-state index < -0.39 is 6.10 Å². The molecular formula is C11H15NO3S. The first-order valence-electron chi connectivity index (χ1n) is 5.68. The maximum absolute atomic E-state index is 11.7. The van der Waals surface area contributed by atoms with Crippen LogP contribution in [0.3, 0.4) is 0 Å². The van der Waals surface area contributed by atoms with E-state index in [1.807, 2.05) is 6.20 Å². The quantitative estimate of drug-likeness (QED) is 0.730. The molecule has 0 aliphatic carbocycles. The minimum atomic E-state index is -0.557. The number of carbonyl (C=O) groups is 1. The van der Waals surface area contributed by atoms with E-state index >= 15 is 0 Å². The fourth-order valence-corrected chi connectivity index (χ4v) is 4.05. The maximum atomic E-state index is 11.7. The number of aliphatic hydroxyl groups excluding tert-OH is 1. The molecule has 16 heavy (non-hydrogen) atoms. The summed E-state index contributed by atoms with van der Waals surface area (Å²) in [5, 5.41) is 9.63. The van der Waals surface area contributed by atoms with Gasteiger partial charge in [-0.15, -0.1) is 0 Å². The second-order valence-electron chi connectivity index (χ2n) is 4.55. The van der Waals surface area contributed by atoms with Crippen molar-refractivity contribution in [2.75, 3.05) is 6.61 Å². The predicted molar refractivity (Wildman–Crippen MR) is 60.5 cm³/mol. The second-order valence-corrected chi connectivity index (χ2v) is 5.74. The van der Waals surface area contributed by atoms with Crippen LogP contribution < -0.4 is 0 Å². The molecule has 3 rings (SSSR count). The lowest BCUT2D eigenvalue weighted by Crippen LogP contribution is -2.58. The Morgan fingerprint density at radius 2 is 2.50 bits per heavy atom. The fourth-order valence-electron chi connectivity index (χ4n) is 2.49. The van der Waals surface area contributed by atoms with Crippen LogP contribution in [0.25, 0.3) is 0 Å². The van der Waals surface area contributed by atoms with Gasteiger partial charge < -0.3 is 14.7 Å². The molecule has 0 aromatic carbocycles. The van der Waals surface area contributed by atoms with Crippen LogP contribution in [0.1, 0.15) is 19.8 Å². The van der Waals surface area contributed by atoms with E-state index in [4.69, 9.17) is 4.74 Å². The van der Waals surface area contributed by atoms with Crippen molar-refractivity contribution in [2.45, 2.75) is 37.3 Å². The van der Waals surface area contributed by atoms with Gasteiger partial charge >= 0.3 is 0 Å². The van der Waals surface area contributed by atoms with E-state index in [2.05, 4.69) is 0 Å². The van der Waals surface area contributed by atoms with Crippen molar-refractivity contribution in [1.82, 2.24) is 4.90 Å². The van der Waals surface area contributed by atoms with Crippen molar-refractivity contribution in [2.24, 2.45) is 5.92 Å². The molecule has 88 valence electrons. The second kappa shape index (κ2) is 3.75. The third kappa shape index (κ3) is 1.42. The van der Waals surface area contributed by atoms with Crippen LogP contribution >= 0.6 is 11.8 Å². The van der Waals surface area contributed by atoms with Gasteiger partial charge in [0, 0.05) is 17.7 Å². The Morgan fingerprint density at radius 3 is 3.12 bits per heavy atom. The lowest BCUT2D eigenvalue weighted by atomic mass is 9.93. The van der Waals surface area contributed by atoms with Gasteiger partial charge in [0.15, 0.2) is 0 Å². The summed E-state index contributed by atoms with van der Waals surface area (Å²) in [6.07, 6.45) is 3.68. The zero-order valence-corrected chi connectivity index (χ0v) is 9.94. The standard InChI is InChI=1S/C11H15NO3S/c1-6(13)9-10(14)12-5-8(16-11(9)12)7-3-2-4-15-7/h5-7,9,11,13H,2-4H2,1H3/t6-,7?,9+,11-/m1/s1. The van der Waals surface area contributed by atoms with Gasteiger partial charge in [0.05, 0.1) is 18.1 Å². The van der Waals surface area contributed by atoms with Gasteiger partial charge in [0.25, 0.3) is 0 Å². The maximum Gasteiger partial charge on any atom is 0.236 e. The molecule has 0 bridgehead atoms. The normalized spacial score (nSPS) is 39.4. The molecule has 3 heterocycles. The van der Waals surface area contributed by atoms with E-state index in [1.54, 1.807) is 23.6 Å². The molecule has 3 aliphatic rings. The van der Waals surface area contributed by atoms with Gasteiger partial charge in [0.2, 0.25) is 5.91 Å². The van der Waals surface area contributed by atoms with Gasteiger partial charge in [-0.25, -0.2) is 0 Å². The molecule has 5 heteroatoms. The van der Waals surface area contributed by atoms with Crippen LogP contribution in [0.2, 0.25) is 0 Å². The zero-order chi connectivity index (χ0) is 11.3. The number of aliphatic hydroxyl groups is 1. The summed E-state index contributed by atoms with van der Waals surface area (Å²) in [6.45, 7) is 2.51. The molecule has 4 nitrogen and oxygen atoms in total. The molecule has 2 saturated heterocycles. The minimum absolute atomic E-state index is 0.0421. The average molecular weight is 241 g/mol. The van der Waals surface area contributed by atoms with Crippen molar-refractivity contribution in [3.8, 4) is 0 Å². The van der Waals surface area contributed by atoms with E-state index in [1.165, 1.54) is 0 Å². The first-order valence-corrected chi connectivity index (χ1v) is 6.56. The highest BCUT2D eigenvalue weighted by Gasteiger charge is 2.53. The molecule has 0 radical (unpaired) electrons. The lowest BCUT2D eigenvalue weighted by Gasteiger charge is -2.42. The molecule has 0 saturated carbocycles. The number of β-lactam (4-membered cyclic amide) rings is 1. The molecule has 1 amide bonds. The number of amides is 1. The molecule has 1 N–H and O–H groups in total. The van der Waals surface area contributed by atoms with Gasteiger partial charge in [0.1, 0.15) is 5.37 Å². The SMILES string of the molecule is C[C@@H](O)[C@H]1C(=O)N2C=C(C3CCCO3)S[C@H]12. The van der Waals surface area contributed by atoms with Crippen LogP contribution in [0.15, 0.2) is 11.1 Å². The Bertz CT molecular complexity index is 349. The zero-order valence-electron chi connectivity index (χ0n) is 9.13. The van der Waals surface area contributed by atoms with Crippen LogP contribution in [0, 0.1) is 5.92 Å². The largest absolute Gasteiger partial charge is 0.392 e. The summed E-state index contributed by atoms with van der Waals surface area (Å²) >= 11 is 1.68. The molecule has 0 aromatic rings. The summed E-state index contributed by atoms with van der Waals surface area (Å²) < 4.78 is 5.60.